The summed E-state index contributed by atoms with van der Waals surface area (Å²) in [4.78, 5) is 4.61. The molecule has 2 aromatic carbocycles. The summed E-state index contributed by atoms with van der Waals surface area (Å²) in [7, 11) is 0. The van der Waals surface area contributed by atoms with E-state index in [1.807, 2.05) is 17.7 Å². The van der Waals surface area contributed by atoms with Gasteiger partial charge in [-0.3, -0.25) is 0 Å². The van der Waals surface area contributed by atoms with Gasteiger partial charge in [0.05, 0.1) is 17.4 Å². The minimum absolute atomic E-state index is 0.962. The van der Waals surface area contributed by atoms with Crippen molar-refractivity contribution in [3.8, 4) is 0 Å². The molecule has 88 valence electrons. The van der Waals surface area contributed by atoms with Crippen LogP contribution >= 0.6 is 11.3 Å². The molecular weight excluding hydrogens is 240 g/mol. The van der Waals surface area contributed by atoms with Crippen LogP contribution in [0, 0.1) is 0 Å². The summed E-state index contributed by atoms with van der Waals surface area (Å²) in [6, 6.07) is 13.0. The quantitative estimate of drug-likeness (QED) is 0.490. The number of nitrogens with zero attached hydrogens (tertiary/aromatic N) is 2. The van der Waals surface area contributed by atoms with Crippen molar-refractivity contribution >= 4 is 42.5 Å². The van der Waals surface area contributed by atoms with Crippen molar-refractivity contribution in [2.75, 3.05) is 0 Å². The minimum Gasteiger partial charge on any atom is -0.331 e. The molecule has 0 aliphatic rings. The van der Waals surface area contributed by atoms with Crippen LogP contribution in [0.5, 0.6) is 0 Å². The van der Waals surface area contributed by atoms with E-state index in [0.29, 0.717) is 0 Å². The van der Waals surface area contributed by atoms with E-state index >= 15 is 0 Å². The van der Waals surface area contributed by atoms with E-state index in [2.05, 4.69) is 52.9 Å². The van der Waals surface area contributed by atoms with Gasteiger partial charge >= 0.3 is 0 Å². The van der Waals surface area contributed by atoms with Crippen LogP contribution in [0.3, 0.4) is 0 Å². The summed E-state index contributed by atoms with van der Waals surface area (Å²) in [5.41, 5.74) is 2.36. The van der Waals surface area contributed by atoms with E-state index in [9.17, 15) is 0 Å². The third kappa shape index (κ3) is 1.20. The van der Waals surface area contributed by atoms with Crippen LogP contribution in [0.1, 0.15) is 6.92 Å². The highest BCUT2D eigenvalue weighted by Crippen LogP contribution is 2.37. The number of rotatable bonds is 1. The van der Waals surface area contributed by atoms with Crippen LogP contribution in [0.4, 0.5) is 0 Å². The molecule has 0 bridgehead atoms. The van der Waals surface area contributed by atoms with Crippen LogP contribution in [0.25, 0.3) is 31.2 Å². The summed E-state index contributed by atoms with van der Waals surface area (Å²) in [6.45, 7) is 3.11. The second-order valence-electron chi connectivity index (χ2n) is 4.44. The third-order valence-electron chi connectivity index (χ3n) is 3.47. The first-order valence-corrected chi connectivity index (χ1v) is 6.95. The summed E-state index contributed by atoms with van der Waals surface area (Å²) in [6.07, 6.45) is 1.94. The van der Waals surface area contributed by atoms with E-state index in [4.69, 9.17) is 0 Å². The minimum atomic E-state index is 0.962. The highest BCUT2D eigenvalue weighted by molar-refractivity contribution is 7.26. The Morgan fingerprint density at radius 1 is 1.11 bits per heavy atom. The number of hydrogen-bond acceptors (Lipinski definition) is 2. The molecule has 0 aliphatic heterocycles. The Labute approximate surface area is 108 Å². The number of thiophene rings is 1. The molecule has 2 aromatic heterocycles. The Bertz CT molecular complexity index is 870. The Morgan fingerprint density at radius 3 is 2.89 bits per heavy atom. The van der Waals surface area contributed by atoms with E-state index in [-0.39, 0.29) is 0 Å². The monoisotopic (exact) mass is 252 g/mol. The Balaban J connectivity index is 2.29. The Morgan fingerprint density at radius 2 is 2.00 bits per heavy atom. The molecular formula is C15H12N2S. The van der Waals surface area contributed by atoms with Crippen molar-refractivity contribution in [2.24, 2.45) is 0 Å². The molecule has 0 spiro atoms. The largest absolute Gasteiger partial charge is 0.331 e. The summed E-state index contributed by atoms with van der Waals surface area (Å²) in [5, 5.41) is 2.63. The normalized spacial score (nSPS) is 11.8. The smallest absolute Gasteiger partial charge is 0.0977 e. The van der Waals surface area contributed by atoms with E-state index in [1.165, 1.54) is 25.7 Å². The van der Waals surface area contributed by atoms with Crippen molar-refractivity contribution in [2.45, 2.75) is 13.5 Å². The lowest BCUT2D eigenvalue weighted by atomic mass is 10.1. The maximum atomic E-state index is 4.61. The average molecular weight is 252 g/mol. The van der Waals surface area contributed by atoms with Gasteiger partial charge in [0.1, 0.15) is 0 Å². The van der Waals surface area contributed by atoms with E-state index in [1.54, 1.807) is 0 Å². The summed E-state index contributed by atoms with van der Waals surface area (Å²) < 4.78 is 4.86. The van der Waals surface area contributed by atoms with Gasteiger partial charge in [-0.05, 0) is 25.1 Å². The predicted molar refractivity (Wildman–Crippen MR) is 78.3 cm³/mol. The molecule has 0 saturated carbocycles. The van der Waals surface area contributed by atoms with Crippen LogP contribution in [0.2, 0.25) is 0 Å². The fourth-order valence-corrected chi connectivity index (χ4v) is 3.70. The second kappa shape index (κ2) is 3.56. The van der Waals surface area contributed by atoms with Gasteiger partial charge in [-0.2, -0.15) is 0 Å². The molecule has 0 N–H and O–H groups in total. The van der Waals surface area contributed by atoms with Crippen LogP contribution < -0.4 is 0 Å². The molecule has 0 radical (unpaired) electrons. The van der Waals surface area contributed by atoms with Crippen LogP contribution in [-0.4, -0.2) is 9.55 Å². The fraction of sp³-hybridized carbons (Fsp3) is 0.133. The maximum absolute atomic E-state index is 4.61. The summed E-state index contributed by atoms with van der Waals surface area (Å²) in [5.74, 6) is 0. The molecule has 2 nitrogen and oxygen atoms in total. The lowest BCUT2D eigenvalue weighted by Gasteiger charge is -1.98. The average Bonchev–Trinajstić information content (AvgIpc) is 2.98. The van der Waals surface area contributed by atoms with Crippen LogP contribution in [0.15, 0.2) is 42.7 Å². The molecule has 0 saturated heterocycles. The first-order valence-electron chi connectivity index (χ1n) is 6.13. The van der Waals surface area contributed by atoms with Crippen molar-refractivity contribution in [3.05, 3.63) is 42.7 Å². The first-order chi connectivity index (χ1) is 8.88. The zero-order chi connectivity index (χ0) is 12.1. The molecule has 0 amide bonds. The van der Waals surface area contributed by atoms with Gasteiger partial charge in [-0.25, -0.2) is 4.98 Å². The number of hydrogen-bond donors (Lipinski definition) is 0. The standard InChI is InChI=1S/C15H12N2S/c1-2-17-9-16-15-11(17)7-8-13-14(15)10-5-3-4-6-12(10)18-13/h3-9H,2H2,1H3. The molecule has 0 fully saturated rings. The van der Waals surface area contributed by atoms with E-state index < -0.39 is 0 Å². The van der Waals surface area contributed by atoms with Gasteiger partial charge in [0.15, 0.2) is 0 Å². The molecule has 0 unspecified atom stereocenters. The van der Waals surface area contributed by atoms with Crippen molar-refractivity contribution in [1.29, 1.82) is 0 Å². The number of imidazole rings is 1. The Hall–Kier alpha value is -1.87. The Kier molecular flexibility index (Phi) is 2.00. The van der Waals surface area contributed by atoms with Gasteiger partial charge in [0.2, 0.25) is 0 Å². The lowest BCUT2D eigenvalue weighted by Crippen LogP contribution is -1.89. The topological polar surface area (TPSA) is 17.8 Å². The van der Waals surface area contributed by atoms with Crippen molar-refractivity contribution in [3.63, 3.8) is 0 Å². The van der Waals surface area contributed by atoms with Crippen molar-refractivity contribution in [1.82, 2.24) is 9.55 Å². The third-order valence-corrected chi connectivity index (χ3v) is 4.61. The van der Waals surface area contributed by atoms with Crippen molar-refractivity contribution < 1.29 is 0 Å². The maximum Gasteiger partial charge on any atom is 0.0977 e. The molecule has 18 heavy (non-hydrogen) atoms. The highest BCUT2D eigenvalue weighted by atomic mass is 32.1. The summed E-state index contributed by atoms with van der Waals surface area (Å²) >= 11 is 1.84. The molecule has 4 rings (SSSR count). The van der Waals surface area contributed by atoms with Gasteiger partial charge in [-0.15, -0.1) is 11.3 Å². The zero-order valence-corrected chi connectivity index (χ0v) is 10.9. The number of benzene rings is 2. The van der Waals surface area contributed by atoms with Gasteiger partial charge < -0.3 is 4.57 Å². The molecule has 0 atom stereocenters. The predicted octanol–water partition coefficient (Wildman–Crippen LogP) is 4.42. The lowest BCUT2D eigenvalue weighted by molar-refractivity contribution is 0.787. The molecule has 4 aromatic rings. The highest BCUT2D eigenvalue weighted by Gasteiger charge is 2.11. The molecule has 0 aliphatic carbocycles. The number of aryl methyl sites for hydroxylation is 1. The van der Waals surface area contributed by atoms with E-state index in [0.717, 1.165) is 12.1 Å². The van der Waals surface area contributed by atoms with Gasteiger partial charge in [0.25, 0.3) is 0 Å². The van der Waals surface area contributed by atoms with Crippen LogP contribution in [-0.2, 0) is 6.54 Å². The fourth-order valence-electron chi connectivity index (χ4n) is 2.59. The SMILES string of the molecule is CCn1cnc2c3c(ccc21)sc1ccccc13. The van der Waals surface area contributed by atoms with Gasteiger partial charge in [0, 0.05) is 26.7 Å². The zero-order valence-electron chi connectivity index (χ0n) is 10.1. The first kappa shape index (κ1) is 10.1. The molecule has 3 heteroatoms. The molecule has 2 heterocycles. The number of fused-ring (bicyclic) bond motifs is 5. The number of aromatic nitrogens is 2. The van der Waals surface area contributed by atoms with Gasteiger partial charge in [-0.1, -0.05) is 18.2 Å². The second-order valence-corrected chi connectivity index (χ2v) is 5.52.